The lowest BCUT2D eigenvalue weighted by atomic mass is 9.93. The molecule has 0 aromatic heterocycles. The number of carbonyl (C=O) groups excluding carboxylic acids is 1. The van der Waals surface area contributed by atoms with Gasteiger partial charge in [0.2, 0.25) is 0 Å². The third-order valence-corrected chi connectivity index (χ3v) is 4.49. The molecule has 118 valence electrons. The molecule has 1 atom stereocenters. The van der Waals surface area contributed by atoms with Crippen LogP contribution >= 0.6 is 12.2 Å². The summed E-state index contributed by atoms with van der Waals surface area (Å²) in [4.78, 5) is 14.0. The Bertz CT molecular complexity index is 620. The van der Waals surface area contributed by atoms with Gasteiger partial charge >= 0.3 is 5.97 Å². The first-order valence-electron chi connectivity index (χ1n) is 7.30. The first-order chi connectivity index (χ1) is 10.4. The Kier molecular flexibility index (Phi) is 4.86. The Hall–Kier alpha value is -1.88. The second-order valence-electron chi connectivity index (χ2n) is 5.75. The van der Waals surface area contributed by atoms with Gasteiger partial charge in [-0.2, -0.15) is 0 Å². The van der Waals surface area contributed by atoms with Gasteiger partial charge in [0.25, 0.3) is 0 Å². The fraction of sp³-hybridized carbons (Fsp3) is 0.412. The lowest BCUT2D eigenvalue weighted by molar-refractivity contribution is -0.136. The Labute approximate surface area is 137 Å². The Morgan fingerprint density at radius 3 is 2.41 bits per heavy atom. The van der Waals surface area contributed by atoms with Crippen molar-refractivity contribution in [1.29, 1.82) is 0 Å². The number of rotatable bonds is 3. The van der Waals surface area contributed by atoms with E-state index in [0.29, 0.717) is 16.6 Å². The second-order valence-corrected chi connectivity index (χ2v) is 6.14. The molecule has 0 unspecified atom stereocenters. The topological polar surface area (TPSA) is 41.6 Å². The number of nitrogens with zero attached hydrogens (tertiary/aromatic N) is 1. The molecular weight excluding hydrogens is 296 g/mol. The quantitative estimate of drug-likeness (QED) is 0.685. The molecule has 0 bridgehead atoms. The lowest BCUT2D eigenvalue weighted by Gasteiger charge is -2.35. The predicted octanol–water partition coefficient (Wildman–Crippen LogP) is 3.12. The molecule has 4 nitrogen and oxygen atoms in total. The van der Waals surface area contributed by atoms with Gasteiger partial charge in [-0.1, -0.05) is 38.1 Å². The van der Waals surface area contributed by atoms with Gasteiger partial charge in [0, 0.05) is 12.7 Å². The van der Waals surface area contributed by atoms with Crippen molar-refractivity contribution in [1.82, 2.24) is 10.2 Å². The molecule has 0 amide bonds. The summed E-state index contributed by atoms with van der Waals surface area (Å²) in [7, 11) is 3.24. The van der Waals surface area contributed by atoms with Gasteiger partial charge in [0.05, 0.1) is 18.7 Å². The van der Waals surface area contributed by atoms with Crippen LogP contribution in [0.5, 0.6) is 0 Å². The van der Waals surface area contributed by atoms with Crippen molar-refractivity contribution >= 4 is 23.3 Å². The number of carbonyl (C=O) groups is 1. The normalized spacial score (nSPS) is 18.5. The first kappa shape index (κ1) is 16.5. The molecule has 1 aliphatic rings. The van der Waals surface area contributed by atoms with Crippen molar-refractivity contribution in [3.63, 3.8) is 0 Å². The molecule has 2 rings (SSSR count). The molecule has 0 saturated heterocycles. The summed E-state index contributed by atoms with van der Waals surface area (Å²) in [5.41, 5.74) is 3.67. The summed E-state index contributed by atoms with van der Waals surface area (Å²) in [5, 5.41) is 3.83. The molecule has 1 heterocycles. The second kappa shape index (κ2) is 6.48. The molecule has 1 aromatic carbocycles. The molecule has 0 spiro atoms. The number of benzene rings is 1. The molecule has 0 fully saturated rings. The van der Waals surface area contributed by atoms with Crippen LogP contribution < -0.4 is 5.32 Å². The van der Waals surface area contributed by atoms with Crippen molar-refractivity contribution in [3.05, 3.63) is 46.7 Å². The number of hydrogen-bond donors (Lipinski definition) is 1. The van der Waals surface area contributed by atoms with Crippen LogP contribution in [0.3, 0.4) is 0 Å². The van der Waals surface area contributed by atoms with E-state index >= 15 is 0 Å². The first-order valence-corrected chi connectivity index (χ1v) is 7.70. The monoisotopic (exact) mass is 318 g/mol. The molecular formula is C17H22N2O2S. The minimum atomic E-state index is -0.336. The van der Waals surface area contributed by atoms with E-state index in [1.165, 1.54) is 12.7 Å². The maximum Gasteiger partial charge on any atom is 0.337 e. The fourth-order valence-corrected chi connectivity index (χ4v) is 2.79. The average Bonchev–Trinajstić information content (AvgIpc) is 2.51. The van der Waals surface area contributed by atoms with E-state index in [9.17, 15) is 4.79 Å². The van der Waals surface area contributed by atoms with Crippen molar-refractivity contribution in [3.8, 4) is 0 Å². The van der Waals surface area contributed by atoms with E-state index in [2.05, 4.69) is 31.3 Å². The number of methoxy groups -OCH3 is 1. The number of esters is 1. The summed E-state index contributed by atoms with van der Waals surface area (Å²) < 4.78 is 4.95. The van der Waals surface area contributed by atoms with Crippen LogP contribution in [0.15, 0.2) is 35.5 Å². The van der Waals surface area contributed by atoms with Crippen LogP contribution in [0.4, 0.5) is 0 Å². The molecule has 22 heavy (non-hydrogen) atoms. The van der Waals surface area contributed by atoms with Crippen molar-refractivity contribution in [2.75, 3.05) is 14.2 Å². The average molecular weight is 318 g/mol. The van der Waals surface area contributed by atoms with E-state index in [1.54, 1.807) is 4.90 Å². The zero-order chi connectivity index (χ0) is 16.4. The SMILES string of the molecule is COC(=O)C1=C(C)N(C)C(=S)N[C@@H]1c1ccc(C(C)C)cc1. The summed E-state index contributed by atoms with van der Waals surface area (Å²) >= 11 is 5.35. The van der Waals surface area contributed by atoms with Gasteiger partial charge in [-0.3, -0.25) is 0 Å². The number of hydrogen-bond acceptors (Lipinski definition) is 3. The highest BCUT2D eigenvalue weighted by Crippen LogP contribution is 2.31. The lowest BCUT2D eigenvalue weighted by Crippen LogP contribution is -2.46. The van der Waals surface area contributed by atoms with Gasteiger partial charge in [-0.05, 0) is 36.2 Å². The maximum absolute atomic E-state index is 12.2. The maximum atomic E-state index is 12.2. The zero-order valence-corrected chi connectivity index (χ0v) is 14.5. The van der Waals surface area contributed by atoms with Crippen LogP contribution in [0.1, 0.15) is 43.9 Å². The predicted molar refractivity (Wildman–Crippen MR) is 91.5 cm³/mol. The number of ether oxygens (including phenoxy) is 1. The van der Waals surface area contributed by atoms with Gasteiger partial charge < -0.3 is 15.0 Å². The Morgan fingerprint density at radius 2 is 1.91 bits per heavy atom. The fourth-order valence-electron chi connectivity index (χ4n) is 2.53. The van der Waals surface area contributed by atoms with Gasteiger partial charge in [0.15, 0.2) is 5.11 Å². The Balaban J connectivity index is 2.46. The van der Waals surface area contributed by atoms with E-state index in [0.717, 1.165) is 11.3 Å². The Morgan fingerprint density at radius 1 is 1.32 bits per heavy atom. The highest BCUT2D eigenvalue weighted by Gasteiger charge is 2.32. The van der Waals surface area contributed by atoms with Gasteiger partial charge in [0.1, 0.15) is 0 Å². The minimum Gasteiger partial charge on any atom is -0.466 e. The van der Waals surface area contributed by atoms with Crippen molar-refractivity contribution in [2.45, 2.75) is 32.7 Å². The zero-order valence-electron chi connectivity index (χ0n) is 13.6. The highest BCUT2D eigenvalue weighted by molar-refractivity contribution is 7.80. The van der Waals surface area contributed by atoms with E-state index in [4.69, 9.17) is 17.0 Å². The molecule has 0 radical (unpaired) electrons. The molecule has 1 N–H and O–H groups in total. The third-order valence-electron chi connectivity index (χ3n) is 4.10. The number of nitrogens with one attached hydrogen (secondary N) is 1. The van der Waals surface area contributed by atoms with Crippen molar-refractivity contribution < 1.29 is 9.53 Å². The summed E-state index contributed by atoms with van der Waals surface area (Å²) in [6, 6.07) is 7.98. The van der Waals surface area contributed by atoms with Crippen LogP contribution in [-0.4, -0.2) is 30.1 Å². The molecule has 1 aromatic rings. The number of thiocarbonyl (C=S) groups is 1. The molecule has 0 saturated carbocycles. The van der Waals surface area contributed by atoms with Crippen LogP contribution in [0.2, 0.25) is 0 Å². The van der Waals surface area contributed by atoms with Crippen molar-refractivity contribution in [2.24, 2.45) is 0 Å². The smallest absolute Gasteiger partial charge is 0.337 e. The summed E-state index contributed by atoms with van der Waals surface area (Å²) in [5.74, 6) is 0.134. The molecule has 0 aliphatic carbocycles. The summed E-state index contributed by atoms with van der Waals surface area (Å²) in [6.45, 7) is 6.19. The minimum absolute atomic E-state index is 0.280. The molecule has 1 aliphatic heterocycles. The van der Waals surface area contributed by atoms with Crippen LogP contribution in [0, 0.1) is 0 Å². The van der Waals surface area contributed by atoms with Gasteiger partial charge in [-0.25, -0.2) is 4.79 Å². The van der Waals surface area contributed by atoms with Gasteiger partial charge in [-0.15, -0.1) is 0 Å². The number of allylic oxidation sites excluding steroid dienone is 1. The third kappa shape index (κ3) is 2.99. The van der Waals surface area contributed by atoms with E-state index in [-0.39, 0.29) is 12.0 Å². The van der Waals surface area contributed by atoms with E-state index in [1.807, 2.05) is 26.1 Å². The highest BCUT2D eigenvalue weighted by atomic mass is 32.1. The standard InChI is InChI=1S/C17H22N2O2S/c1-10(2)12-6-8-13(9-7-12)15-14(16(20)21-5)11(3)19(4)17(22)18-15/h6-10,15H,1-5H3,(H,18,22)/t15-/m1/s1. The largest absolute Gasteiger partial charge is 0.466 e. The van der Waals surface area contributed by atoms with E-state index < -0.39 is 0 Å². The van der Waals surface area contributed by atoms with Crippen LogP contribution in [0.25, 0.3) is 0 Å². The van der Waals surface area contributed by atoms with Crippen LogP contribution in [-0.2, 0) is 9.53 Å². The summed E-state index contributed by atoms with van der Waals surface area (Å²) in [6.07, 6.45) is 0. The molecule has 5 heteroatoms.